The zero-order valence-electron chi connectivity index (χ0n) is 11.5. The summed E-state index contributed by atoms with van der Waals surface area (Å²) in [5, 5.41) is 20.3. The van der Waals surface area contributed by atoms with Crippen molar-refractivity contribution >= 4 is 10.9 Å². The Morgan fingerprint density at radius 1 is 1.45 bits per heavy atom. The summed E-state index contributed by atoms with van der Waals surface area (Å²) in [6, 6.07) is 7.66. The van der Waals surface area contributed by atoms with Gasteiger partial charge in [0.05, 0.1) is 24.8 Å². The summed E-state index contributed by atoms with van der Waals surface area (Å²) in [7, 11) is 1.61. The number of ether oxygens (including phenoxy) is 2. The Morgan fingerprint density at radius 3 is 2.90 bits per heavy atom. The van der Waals surface area contributed by atoms with Crippen LogP contribution in [0.25, 0.3) is 10.9 Å². The van der Waals surface area contributed by atoms with Crippen LogP contribution in [0.5, 0.6) is 11.6 Å². The molecule has 1 aliphatic rings. The molecule has 1 unspecified atom stereocenters. The molecule has 2 aromatic rings. The van der Waals surface area contributed by atoms with Crippen LogP contribution in [0.4, 0.5) is 0 Å². The van der Waals surface area contributed by atoms with Crippen LogP contribution >= 0.6 is 0 Å². The van der Waals surface area contributed by atoms with E-state index in [9.17, 15) is 10.2 Å². The molecule has 0 radical (unpaired) electrons. The van der Waals surface area contributed by atoms with Crippen molar-refractivity contribution < 1.29 is 19.7 Å². The molecule has 106 valence electrons. The van der Waals surface area contributed by atoms with Crippen LogP contribution in [-0.4, -0.2) is 40.6 Å². The standard InChI is InChI=1S/C15H17NO4/c1-15(18,8-17)12-7-10-13(19-2)9-5-3-4-6-11(9)16-14(10)20-12/h3-6,12,17-18H,7-8H2,1-2H3/t12?,15-/m0/s1. The third kappa shape index (κ3) is 1.90. The van der Waals surface area contributed by atoms with E-state index in [1.807, 2.05) is 24.3 Å². The summed E-state index contributed by atoms with van der Waals surface area (Å²) >= 11 is 0. The number of aliphatic hydroxyl groups excluding tert-OH is 1. The lowest BCUT2D eigenvalue weighted by Crippen LogP contribution is -2.45. The fraction of sp³-hybridized carbons (Fsp3) is 0.400. The highest BCUT2D eigenvalue weighted by Crippen LogP contribution is 2.41. The summed E-state index contributed by atoms with van der Waals surface area (Å²) < 4.78 is 11.2. The first-order valence-corrected chi connectivity index (χ1v) is 6.52. The van der Waals surface area contributed by atoms with Gasteiger partial charge >= 0.3 is 0 Å². The molecule has 0 aliphatic carbocycles. The fourth-order valence-electron chi connectivity index (χ4n) is 2.52. The third-order valence-electron chi connectivity index (χ3n) is 3.76. The minimum atomic E-state index is -1.31. The number of aromatic nitrogens is 1. The van der Waals surface area contributed by atoms with Gasteiger partial charge in [0.2, 0.25) is 5.88 Å². The number of hydrogen-bond donors (Lipinski definition) is 2. The van der Waals surface area contributed by atoms with Crippen LogP contribution in [-0.2, 0) is 6.42 Å². The molecule has 3 rings (SSSR count). The number of benzene rings is 1. The number of nitrogens with zero attached hydrogens (tertiary/aromatic N) is 1. The van der Waals surface area contributed by atoms with Gasteiger partial charge in [-0.15, -0.1) is 0 Å². The molecule has 1 aliphatic heterocycles. The van der Waals surface area contributed by atoms with Crippen LogP contribution in [0.3, 0.4) is 0 Å². The van der Waals surface area contributed by atoms with E-state index in [1.165, 1.54) is 0 Å². The van der Waals surface area contributed by atoms with Gasteiger partial charge < -0.3 is 19.7 Å². The summed E-state index contributed by atoms with van der Waals surface area (Å²) in [5.41, 5.74) is 0.315. The van der Waals surface area contributed by atoms with E-state index in [0.717, 1.165) is 22.2 Å². The highest BCUT2D eigenvalue weighted by molar-refractivity contribution is 5.87. The SMILES string of the molecule is COc1c2c(nc3ccccc13)OC([C@@](C)(O)CO)C2. The number of pyridine rings is 1. The van der Waals surface area contributed by atoms with Gasteiger partial charge in [0.15, 0.2) is 0 Å². The normalized spacial score (nSPS) is 20.3. The smallest absolute Gasteiger partial charge is 0.221 e. The van der Waals surface area contributed by atoms with Crippen LogP contribution in [0, 0.1) is 0 Å². The molecule has 5 nitrogen and oxygen atoms in total. The summed E-state index contributed by atoms with van der Waals surface area (Å²) in [6.45, 7) is 1.18. The van der Waals surface area contributed by atoms with Crippen molar-refractivity contribution in [3.05, 3.63) is 29.8 Å². The van der Waals surface area contributed by atoms with Gasteiger partial charge in [-0.1, -0.05) is 12.1 Å². The topological polar surface area (TPSA) is 71.8 Å². The highest BCUT2D eigenvalue weighted by atomic mass is 16.5. The van der Waals surface area contributed by atoms with Gasteiger partial charge in [0.25, 0.3) is 0 Å². The second kappa shape index (κ2) is 4.61. The number of rotatable bonds is 3. The Bertz CT molecular complexity index is 654. The predicted molar refractivity (Wildman–Crippen MR) is 74.1 cm³/mol. The first-order chi connectivity index (χ1) is 9.56. The van der Waals surface area contributed by atoms with Crippen molar-refractivity contribution in [1.29, 1.82) is 0 Å². The van der Waals surface area contributed by atoms with E-state index in [-0.39, 0.29) is 6.61 Å². The van der Waals surface area contributed by atoms with Crippen molar-refractivity contribution in [2.75, 3.05) is 13.7 Å². The molecular formula is C15H17NO4. The fourth-order valence-corrected chi connectivity index (χ4v) is 2.52. The molecule has 0 saturated heterocycles. The van der Waals surface area contributed by atoms with Gasteiger partial charge in [-0.05, 0) is 19.1 Å². The summed E-state index contributed by atoms with van der Waals surface area (Å²) in [6.07, 6.45) is -0.0649. The van der Waals surface area contributed by atoms with Crippen LogP contribution in [0.15, 0.2) is 24.3 Å². The molecule has 1 aromatic carbocycles. The minimum absolute atomic E-state index is 0.368. The van der Waals surface area contributed by atoms with Gasteiger partial charge in [-0.3, -0.25) is 0 Å². The zero-order valence-corrected chi connectivity index (χ0v) is 11.5. The van der Waals surface area contributed by atoms with E-state index in [1.54, 1.807) is 14.0 Å². The third-order valence-corrected chi connectivity index (χ3v) is 3.76. The molecule has 5 heteroatoms. The quantitative estimate of drug-likeness (QED) is 0.883. The Balaban J connectivity index is 2.12. The Kier molecular flexibility index (Phi) is 3.03. The van der Waals surface area contributed by atoms with E-state index >= 15 is 0 Å². The minimum Gasteiger partial charge on any atom is -0.496 e. The van der Waals surface area contributed by atoms with E-state index in [2.05, 4.69) is 4.98 Å². The molecular weight excluding hydrogens is 258 g/mol. The highest BCUT2D eigenvalue weighted by Gasteiger charge is 2.40. The average Bonchev–Trinajstić information content (AvgIpc) is 2.88. The number of fused-ring (bicyclic) bond motifs is 2. The monoisotopic (exact) mass is 275 g/mol. The first-order valence-electron chi connectivity index (χ1n) is 6.52. The predicted octanol–water partition coefficient (Wildman–Crippen LogP) is 1.29. The van der Waals surface area contributed by atoms with E-state index in [0.29, 0.717) is 12.3 Å². The van der Waals surface area contributed by atoms with Gasteiger partial charge in [-0.25, -0.2) is 4.98 Å². The van der Waals surface area contributed by atoms with Crippen molar-refractivity contribution in [3.8, 4) is 11.6 Å². The second-order valence-electron chi connectivity index (χ2n) is 5.27. The molecule has 20 heavy (non-hydrogen) atoms. The maximum atomic E-state index is 10.2. The Morgan fingerprint density at radius 2 is 2.20 bits per heavy atom. The molecule has 0 bridgehead atoms. The van der Waals surface area contributed by atoms with Crippen molar-refractivity contribution in [3.63, 3.8) is 0 Å². The largest absolute Gasteiger partial charge is 0.496 e. The molecule has 0 saturated carbocycles. The molecule has 1 aromatic heterocycles. The van der Waals surface area contributed by atoms with Gasteiger partial charge in [0.1, 0.15) is 17.5 Å². The number of aliphatic hydroxyl groups is 2. The molecule has 0 amide bonds. The molecule has 2 atom stereocenters. The van der Waals surface area contributed by atoms with Crippen molar-refractivity contribution in [2.24, 2.45) is 0 Å². The molecule has 0 fully saturated rings. The maximum absolute atomic E-state index is 10.2. The summed E-state index contributed by atoms with van der Waals surface area (Å²) in [5.74, 6) is 1.20. The van der Waals surface area contributed by atoms with Crippen molar-refractivity contribution in [1.82, 2.24) is 4.98 Å². The zero-order chi connectivity index (χ0) is 14.3. The maximum Gasteiger partial charge on any atom is 0.221 e. The Labute approximate surface area is 116 Å². The van der Waals surface area contributed by atoms with Crippen molar-refractivity contribution in [2.45, 2.75) is 25.0 Å². The lowest BCUT2D eigenvalue weighted by atomic mass is 9.95. The van der Waals surface area contributed by atoms with Gasteiger partial charge in [0, 0.05) is 11.8 Å². The molecule has 0 spiro atoms. The molecule has 2 heterocycles. The lowest BCUT2D eigenvalue weighted by molar-refractivity contribution is -0.0738. The second-order valence-corrected chi connectivity index (χ2v) is 5.27. The number of hydrogen-bond acceptors (Lipinski definition) is 5. The van der Waals surface area contributed by atoms with Crippen LogP contribution in [0.2, 0.25) is 0 Å². The van der Waals surface area contributed by atoms with Gasteiger partial charge in [-0.2, -0.15) is 0 Å². The summed E-state index contributed by atoms with van der Waals surface area (Å²) in [4.78, 5) is 4.47. The number of para-hydroxylation sites is 1. The van der Waals surface area contributed by atoms with E-state index in [4.69, 9.17) is 9.47 Å². The van der Waals surface area contributed by atoms with E-state index < -0.39 is 11.7 Å². The molecule has 2 N–H and O–H groups in total. The number of methoxy groups -OCH3 is 1. The lowest BCUT2D eigenvalue weighted by Gasteiger charge is -2.26. The average molecular weight is 275 g/mol. The van der Waals surface area contributed by atoms with Crippen LogP contribution < -0.4 is 9.47 Å². The van der Waals surface area contributed by atoms with Crippen LogP contribution in [0.1, 0.15) is 12.5 Å². The Hall–Kier alpha value is -1.85. The first kappa shape index (κ1) is 13.1.